The minimum absolute atomic E-state index is 0.250. The zero-order chi connectivity index (χ0) is 32.8. The molecule has 1 fully saturated rings. The van der Waals surface area contributed by atoms with Crippen LogP contribution in [-0.2, 0) is 32.6 Å². The van der Waals surface area contributed by atoms with E-state index < -0.39 is 10.8 Å². The number of aromatic nitrogens is 3. The molecule has 2 aromatic carbocycles. The number of ether oxygens (including phenoxy) is 2. The molecule has 0 spiro atoms. The van der Waals surface area contributed by atoms with Gasteiger partial charge >= 0.3 is 0 Å². The lowest BCUT2D eigenvalue weighted by atomic mass is 10.0. The van der Waals surface area contributed by atoms with Crippen LogP contribution in [0.5, 0.6) is 5.75 Å². The Hall–Kier alpha value is -4.28. The number of anilines is 2. The highest BCUT2D eigenvalue weighted by molar-refractivity contribution is 7.84. The van der Waals surface area contributed by atoms with Crippen molar-refractivity contribution >= 4 is 34.3 Å². The molecule has 0 bridgehead atoms. The molecule has 1 N–H and O–H groups in total. The number of pyridine rings is 1. The van der Waals surface area contributed by atoms with Gasteiger partial charge in [0, 0.05) is 66.4 Å². The van der Waals surface area contributed by atoms with E-state index in [4.69, 9.17) is 14.5 Å². The number of benzene rings is 2. The third-order valence-corrected chi connectivity index (χ3v) is 9.32. The average Bonchev–Trinajstić information content (AvgIpc) is 3.79. The predicted octanol–water partition coefficient (Wildman–Crippen LogP) is 7.11. The third kappa shape index (κ3) is 9.86. The Morgan fingerprint density at radius 1 is 0.957 bits per heavy atom. The van der Waals surface area contributed by atoms with Crippen LogP contribution in [0.4, 0.5) is 11.5 Å². The van der Waals surface area contributed by atoms with Crippen molar-refractivity contribution in [1.29, 1.82) is 0 Å². The number of nitrogens with zero attached hydrogens (tertiary/aromatic N) is 4. The summed E-state index contributed by atoms with van der Waals surface area (Å²) in [4.78, 5) is 25.0. The fourth-order valence-electron chi connectivity index (χ4n) is 5.43. The molecule has 3 heterocycles. The topological polar surface area (TPSA) is 98.6 Å². The largest absolute Gasteiger partial charge is 0.491 e. The quantitative estimate of drug-likeness (QED) is 0.0956. The van der Waals surface area contributed by atoms with Crippen molar-refractivity contribution < 1.29 is 18.5 Å². The van der Waals surface area contributed by atoms with E-state index in [0.29, 0.717) is 29.5 Å². The van der Waals surface area contributed by atoms with E-state index in [2.05, 4.69) is 35.1 Å². The first-order valence-electron chi connectivity index (χ1n) is 16.6. The average molecular weight is 656 g/mol. The van der Waals surface area contributed by atoms with Gasteiger partial charge in [-0.3, -0.25) is 9.00 Å². The number of carbonyl (C=O) groups excluding carboxylic acids is 1. The summed E-state index contributed by atoms with van der Waals surface area (Å²) < 4.78 is 26.4. The molecule has 2 aromatic heterocycles. The van der Waals surface area contributed by atoms with Crippen molar-refractivity contribution in [2.75, 3.05) is 43.1 Å². The number of aryl methyl sites for hydroxylation is 1. The molecule has 1 amide bonds. The maximum absolute atomic E-state index is 13.0. The number of imidazole rings is 1. The van der Waals surface area contributed by atoms with Gasteiger partial charge in [-0.2, -0.15) is 0 Å². The van der Waals surface area contributed by atoms with Gasteiger partial charge in [-0.15, -0.1) is 0 Å². The zero-order valence-electron chi connectivity index (χ0n) is 27.4. The number of rotatable bonds is 17. The van der Waals surface area contributed by atoms with Gasteiger partial charge in [0.15, 0.2) is 0 Å². The lowest BCUT2D eigenvalue weighted by Gasteiger charge is -2.19. The third-order valence-electron chi connectivity index (χ3n) is 7.97. The summed E-state index contributed by atoms with van der Waals surface area (Å²) in [6.45, 7) is 8.85. The SMILES string of the molecule is CCCCOCCOc1ccc(-c2cnc(N3CCCC3)c(C=CC(=O)Nc3ccc(S(=O)Cc4cncn4CCC)cc3)c2)cc1. The van der Waals surface area contributed by atoms with Crippen LogP contribution < -0.4 is 15.0 Å². The molecule has 4 aromatic rings. The van der Waals surface area contributed by atoms with Crippen molar-refractivity contribution in [1.82, 2.24) is 14.5 Å². The van der Waals surface area contributed by atoms with Gasteiger partial charge in [-0.1, -0.05) is 32.4 Å². The molecule has 47 heavy (non-hydrogen) atoms. The molecule has 1 unspecified atom stereocenters. The minimum atomic E-state index is -1.21. The van der Waals surface area contributed by atoms with Crippen LogP contribution >= 0.6 is 0 Å². The van der Waals surface area contributed by atoms with Gasteiger partial charge in [0.25, 0.3) is 0 Å². The van der Waals surface area contributed by atoms with Crippen molar-refractivity contribution in [3.8, 4) is 16.9 Å². The maximum Gasteiger partial charge on any atom is 0.248 e. The number of hydrogen-bond donors (Lipinski definition) is 1. The second-order valence-corrected chi connectivity index (χ2v) is 13.0. The smallest absolute Gasteiger partial charge is 0.248 e. The number of unbranched alkanes of at least 4 members (excludes halogenated alkanes) is 1. The van der Waals surface area contributed by atoms with Gasteiger partial charge in [0.2, 0.25) is 5.91 Å². The molecule has 9 nitrogen and oxygen atoms in total. The van der Waals surface area contributed by atoms with Gasteiger partial charge < -0.3 is 24.3 Å². The van der Waals surface area contributed by atoms with Crippen molar-refractivity contribution in [3.05, 3.63) is 90.7 Å². The molecule has 248 valence electrons. The summed E-state index contributed by atoms with van der Waals surface area (Å²) in [5.41, 5.74) is 4.45. The molecule has 0 saturated carbocycles. The van der Waals surface area contributed by atoms with E-state index in [1.165, 1.54) is 0 Å². The van der Waals surface area contributed by atoms with Gasteiger partial charge in [-0.25, -0.2) is 9.97 Å². The van der Waals surface area contributed by atoms with Crippen LogP contribution in [0, 0.1) is 0 Å². The summed E-state index contributed by atoms with van der Waals surface area (Å²) >= 11 is 0. The number of amides is 1. The van der Waals surface area contributed by atoms with Crippen LogP contribution in [0.2, 0.25) is 0 Å². The molecule has 0 aliphatic carbocycles. The van der Waals surface area contributed by atoms with Crippen LogP contribution in [0.15, 0.2) is 84.3 Å². The first-order chi connectivity index (χ1) is 23.0. The predicted molar refractivity (Wildman–Crippen MR) is 189 cm³/mol. The lowest BCUT2D eigenvalue weighted by molar-refractivity contribution is -0.111. The van der Waals surface area contributed by atoms with Crippen molar-refractivity contribution in [3.63, 3.8) is 0 Å². The number of nitrogens with one attached hydrogen (secondary N) is 1. The summed E-state index contributed by atoms with van der Waals surface area (Å²) in [6, 6.07) is 17.2. The van der Waals surface area contributed by atoms with Gasteiger partial charge in [-0.05, 0) is 79.8 Å². The fraction of sp³-hybridized carbons (Fsp3) is 0.378. The van der Waals surface area contributed by atoms with E-state index in [9.17, 15) is 9.00 Å². The highest BCUT2D eigenvalue weighted by Crippen LogP contribution is 2.29. The molecule has 10 heteroatoms. The Labute approximate surface area is 280 Å². The summed E-state index contributed by atoms with van der Waals surface area (Å²) in [6.07, 6.45) is 14.2. The Kier molecular flexibility index (Phi) is 12.7. The van der Waals surface area contributed by atoms with Gasteiger partial charge in [0.1, 0.15) is 18.2 Å². The second-order valence-electron chi connectivity index (χ2n) is 11.6. The molecule has 1 aliphatic heterocycles. The summed E-state index contributed by atoms with van der Waals surface area (Å²) in [5, 5.41) is 2.93. The Bertz CT molecular complexity index is 1630. The molecular formula is C37H45N5O4S. The van der Waals surface area contributed by atoms with E-state index >= 15 is 0 Å². The van der Waals surface area contributed by atoms with E-state index in [-0.39, 0.29) is 5.91 Å². The first kappa shape index (κ1) is 34.1. The first-order valence-corrected chi connectivity index (χ1v) is 17.9. The minimum Gasteiger partial charge on any atom is -0.491 e. The normalized spacial score (nSPS) is 13.7. The van der Waals surface area contributed by atoms with Crippen LogP contribution in [-0.4, -0.2) is 57.6 Å². The number of hydrogen-bond acceptors (Lipinski definition) is 7. The highest BCUT2D eigenvalue weighted by Gasteiger charge is 2.17. The number of carbonyl (C=O) groups is 1. The van der Waals surface area contributed by atoms with Gasteiger partial charge in [0.05, 0.1) is 35.2 Å². The molecular weight excluding hydrogens is 611 g/mol. The Morgan fingerprint density at radius 2 is 1.74 bits per heavy atom. The molecule has 1 aliphatic rings. The molecule has 5 rings (SSSR count). The highest BCUT2D eigenvalue weighted by atomic mass is 32.2. The summed E-state index contributed by atoms with van der Waals surface area (Å²) in [5.74, 6) is 1.82. The van der Waals surface area contributed by atoms with E-state index in [1.807, 2.05) is 41.1 Å². The van der Waals surface area contributed by atoms with Crippen LogP contribution in [0.1, 0.15) is 57.2 Å². The van der Waals surface area contributed by atoms with Crippen molar-refractivity contribution in [2.45, 2.75) is 63.1 Å². The van der Waals surface area contributed by atoms with E-state index in [0.717, 1.165) is 92.3 Å². The lowest BCUT2D eigenvalue weighted by Crippen LogP contribution is -2.20. The van der Waals surface area contributed by atoms with Crippen LogP contribution in [0.25, 0.3) is 17.2 Å². The fourth-order valence-corrected chi connectivity index (χ4v) is 6.54. The molecule has 1 saturated heterocycles. The Balaban J connectivity index is 1.22. The molecule has 1 atom stereocenters. The molecule has 0 radical (unpaired) electrons. The summed E-state index contributed by atoms with van der Waals surface area (Å²) in [7, 11) is -1.21. The Morgan fingerprint density at radius 3 is 2.49 bits per heavy atom. The standard InChI is InChI=1S/C37H45N5O4S/c1-3-5-21-45-22-23-46-34-13-8-29(9-14-34)31-24-30(37(39-25-31)41-19-6-7-20-41)10-17-36(43)40-32-11-15-35(16-12-32)47(44)27-33-26-38-28-42(33)18-4-2/h8-17,24-26,28H,3-7,18-23,27H2,1-2H3,(H,40,43). The second kappa shape index (κ2) is 17.6. The maximum atomic E-state index is 13.0. The van der Waals surface area contributed by atoms with Crippen molar-refractivity contribution in [2.24, 2.45) is 0 Å². The monoisotopic (exact) mass is 655 g/mol. The zero-order valence-corrected chi connectivity index (χ0v) is 28.2. The van der Waals surface area contributed by atoms with Crippen LogP contribution in [0.3, 0.4) is 0 Å². The van der Waals surface area contributed by atoms with E-state index in [1.54, 1.807) is 42.9 Å².